The number of carbonyl (C=O) groups excluding carboxylic acids is 1. The average molecular weight is 228 g/mol. The molecule has 2 unspecified atom stereocenters. The lowest BCUT2D eigenvalue weighted by atomic mass is 10.0. The molecule has 1 amide bonds. The molecular formula is C13H28N2O. The van der Waals surface area contributed by atoms with Crippen molar-refractivity contribution in [2.45, 2.75) is 66.0 Å². The van der Waals surface area contributed by atoms with Crippen LogP contribution in [0.4, 0.5) is 0 Å². The van der Waals surface area contributed by atoms with Gasteiger partial charge in [-0.1, -0.05) is 20.3 Å². The third kappa shape index (κ3) is 7.69. The second-order valence-corrected chi connectivity index (χ2v) is 5.68. The average Bonchev–Trinajstić information content (AvgIpc) is 2.13. The van der Waals surface area contributed by atoms with E-state index in [9.17, 15) is 4.79 Å². The van der Waals surface area contributed by atoms with Gasteiger partial charge in [0.05, 0.1) is 0 Å². The lowest BCUT2D eigenvalue weighted by Crippen LogP contribution is -2.42. The molecular weight excluding hydrogens is 200 g/mol. The Kier molecular flexibility index (Phi) is 6.65. The van der Waals surface area contributed by atoms with E-state index in [1.54, 1.807) is 0 Å². The Morgan fingerprint density at radius 3 is 2.25 bits per heavy atom. The molecule has 16 heavy (non-hydrogen) atoms. The highest BCUT2D eigenvalue weighted by molar-refractivity contribution is 5.76. The van der Waals surface area contributed by atoms with Crippen molar-refractivity contribution in [3.8, 4) is 0 Å². The Morgan fingerprint density at radius 2 is 1.81 bits per heavy atom. The highest BCUT2D eigenvalue weighted by Crippen LogP contribution is 2.06. The smallest absolute Gasteiger partial charge is 0.221 e. The molecule has 0 aromatic carbocycles. The standard InChI is InChI=1S/C13H28N2O/c1-7-10(2)11(3)14-9-8-12(16)15-13(4,5)6/h10-11,14H,7-9H2,1-6H3,(H,15,16). The van der Waals surface area contributed by atoms with Crippen LogP contribution in [-0.4, -0.2) is 24.0 Å². The number of carbonyl (C=O) groups is 1. The SMILES string of the molecule is CCC(C)C(C)NCCC(=O)NC(C)(C)C. The summed E-state index contributed by atoms with van der Waals surface area (Å²) in [5, 5.41) is 6.35. The summed E-state index contributed by atoms with van der Waals surface area (Å²) in [6.45, 7) is 13.4. The topological polar surface area (TPSA) is 41.1 Å². The molecule has 0 heterocycles. The van der Waals surface area contributed by atoms with E-state index in [2.05, 4.69) is 31.4 Å². The maximum absolute atomic E-state index is 11.5. The summed E-state index contributed by atoms with van der Waals surface area (Å²) in [5.74, 6) is 0.780. The lowest BCUT2D eigenvalue weighted by molar-refractivity contribution is -0.122. The molecule has 0 aliphatic carbocycles. The van der Waals surface area contributed by atoms with E-state index in [1.165, 1.54) is 6.42 Å². The third-order valence-electron chi connectivity index (χ3n) is 2.83. The number of hydrogen-bond acceptors (Lipinski definition) is 2. The van der Waals surface area contributed by atoms with E-state index >= 15 is 0 Å². The van der Waals surface area contributed by atoms with Gasteiger partial charge >= 0.3 is 0 Å². The van der Waals surface area contributed by atoms with E-state index < -0.39 is 0 Å². The van der Waals surface area contributed by atoms with Crippen LogP contribution in [0.25, 0.3) is 0 Å². The van der Waals surface area contributed by atoms with Crippen molar-refractivity contribution in [1.82, 2.24) is 10.6 Å². The van der Waals surface area contributed by atoms with Crippen molar-refractivity contribution in [1.29, 1.82) is 0 Å². The molecule has 0 aliphatic rings. The van der Waals surface area contributed by atoms with Crippen molar-refractivity contribution < 1.29 is 4.79 Å². The van der Waals surface area contributed by atoms with Gasteiger partial charge in [0, 0.05) is 24.5 Å². The monoisotopic (exact) mass is 228 g/mol. The summed E-state index contributed by atoms with van der Waals surface area (Å²) in [7, 11) is 0. The highest BCUT2D eigenvalue weighted by atomic mass is 16.1. The first-order valence-electron chi connectivity index (χ1n) is 6.30. The maximum Gasteiger partial charge on any atom is 0.221 e. The summed E-state index contributed by atoms with van der Waals surface area (Å²) in [5.41, 5.74) is -0.126. The predicted octanol–water partition coefficient (Wildman–Crippen LogP) is 2.32. The summed E-state index contributed by atoms with van der Waals surface area (Å²) in [6, 6.07) is 0.479. The molecule has 0 spiro atoms. The van der Waals surface area contributed by atoms with Crippen LogP contribution < -0.4 is 10.6 Å². The van der Waals surface area contributed by atoms with Crippen molar-refractivity contribution >= 4 is 5.91 Å². The molecule has 0 bridgehead atoms. The fourth-order valence-electron chi connectivity index (χ4n) is 1.45. The van der Waals surface area contributed by atoms with Crippen molar-refractivity contribution in [3.05, 3.63) is 0 Å². The van der Waals surface area contributed by atoms with E-state index in [4.69, 9.17) is 0 Å². The summed E-state index contributed by atoms with van der Waals surface area (Å²) >= 11 is 0. The van der Waals surface area contributed by atoms with Gasteiger partial charge < -0.3 is 10.6 Å². The van der Waals surface area contributed by atoms with Crippen LogP contribution in [0, 0.1) is 5.92 Å². The van der Waals surface area contributed by atoms with Crippen LogP contribution in [0.2, 0.25) is 0 Å². The van der Waals surface area contributed by atoms with E-state index in [-0.39, 0.29) is 11.4 Å². The molecule has 0 radical (unpaired) electrons. The van der Waals surface area contributed by atoms with E-state index in [0.717, 1.165) is 6.54 Å². The summed E-state index contributed by atoms with van der Waals surface area (Å²) in [6.07, 6.45) is 1.72. The van der Waals surface area contributed by atoms with Gasteiger partial charge in [-0.2, -0.15) is 0 Å². The Hall–Kier alpha value is -0.570. The predicted molar refractivity (Wildman–Crippen MR) is 69.4 cm³/mol. The molecule has 0 aliphatic heterocycles. The van der Waals surface area contributed by atoms with Crippen molar-refractivity contribution in [2.75, 3.05) is 6.54 Å². The minimum Gasteiger partial charge on any atom is -0.351 e. The van der Waals surface area contributed by atoms with Gasteiger partial charge in [-0.05, 0) is 33.6 Å². The second-order valence-electron chi connectivity index (χ2n) is 5.68. The first-order chi connectivity index (χ1) is 7.26. The molecule has 0 fully saturated rings. The van der Waals surface area contributed by atoms with Crippen LogP contribution in [0.5, 0.6) is 0 Å². The number of nitrogens with one attached hydrogen (secondary N) is 2. The Bertz CT molecular complexity index is 208. The van der Waals surface area contributed by atoms with Crippen LogP contribution in [-0.2, 0) is 4.79 Å². The fraction of sp³-hybridized carbons (Fsp3) is 0.923. The fourth-order valence-corrected chi connectivity index (χ4v) is 1.45. The Balaban J connectivity index is 3.70. The van der Waals surface area contributed by atoms with Crippen LogP contribution in [0.1, 0.15) is 54.4 Å². The zero-order valence-electron chi connectivity index (χ0n) is 11.7. The lowest BCUT2D eigenvalue weighted by Gasteiger charge is -2.22. The van der Waals surface area contributed by atoms with Crippen molar-refractivity contribution in [3.63, 3.8) is 0 Å². The highest BCUT2D eigenvalue weighted by Gasteiger charge is 2.14. The minimum atomic E-state index is -0.126. The zero-order chi connectivity index (χ0) is 12.8. The first-order valence-corrected chi connectivity index (χ1v) is 6.30. The molecule has 0 saturated heterocycles. The molecule has 3 nitrogen and oxygen atoms in total. The molecule has 96 valence electrons. The third-order valence-corrected chi connectivity index (χ3v) is 2.83. The van der Waals surface area contributed by atoms with Gasteiger partial charge in [0.25, 0.3) is 0 Å². The molecule has 0 aromatic rings. The maximum atomic E-state index is 11.5. The summed E-state index contributed by atoms with van der Waals surface area (Å²) in [4.78, 5) is 11.5. The molecule has 3 heteroatoms. The number of hydrogen-bond donors (Lipinski definition) is 2. The molecule has 2 atom stereocenters. The Morgan fingerprint density at radius 1 is 1.25 bits per heavy atom. The molecule has 0 rings (SSSR count). The van der Waals surface area contributed by atoms with Gasteiger partial charge in [0.1, 0.15) is 0 Å². The Labute approximate surface area is 100 Å². The number of rotatable bonds is 6. The largest absolute Gasteiger partial charge is 0.351 e. The zero-order valence-corrected chi connectivity index (χ0v) is 11.7. The van der Waals surface area contributed by atoms with Gasteiger partial charge in [0.2, 0.25) is 5.91 Å². The van der Waals surface area contributed by atoms with Crippen molar-refractivity contribution in [2.24, 2.45) is 5.92 Å². The van der Waals surface area contributed by atoms with Gasteiger partial charge in [0.15, 0.2) is 0 Å². The number of amides is 1. The van der Waals surface area contributed by atoms with E-state index in [1.807, 2.05) is 20.8 Å². The molecule has 2 N–H and O–H groups in total. The first kappa shape index (κ1) is 15.4. The molecule has 0 aromatic heterocycles. The second kappa shape index (κ2) is 6.89. The minimum absolute atomic E-state index is 0.122. The van der Waals surface area contributed by atoms with Gasteiger partial charge in [-0.15, -0.1) is 0 Å². The summed E-state index contributed by atoms with van der Waals surface area (Å²) < 4.78 is 0. The van der Waals surface area contributed by atoms with E-state index in [0.29, 0.717) is 18.4 Å². The normalized spacial score (nSPS) is 15.6. The van der Waals surface area contributed by atoms with Gasteiger partial charge in [-0.25, -0.2) is 0 Å². The van der Waals surface area contributed by atoms with Crippen LogP contribution in [0.15, 0.2) is 0 Å². The quantitative estimate of drug-likeness (QED) is 0.732. The van der Waals surface area contributed by atoms with Crippen LogP contribution >= 0.6 is 0 Å². The van der Waals surface area contributed by atoms with Gasteiger partial charge in [-0.3, -0.25) is 4.79 Å². The molecule has 0 saturated carbocycles. The van der Waals surface area contributed by atoms with Crippen LogP contribution in [0.3, 0.4) is 0 Å².